The fraction of sp³-hybridized carbons (Fsp3) is 0.600. The van der Waals surface area contributed by atoms with Crippen LogP contribution >= 0.6 is 9.24 Å². The van der Waals surface area contributed by atoms with E-state index < -0.39 is 23.7 Å². The van der Waals surface area contributed by atoms with Crippen molar-refractivity contribution >= 4 is 26.0 Å². The molecule has 1 aromatic heterocycles. The predicted octanol–water partition coefficient (Wildman–Crippen LogP) is 4.11. The van der Waals surface area contributed by atoms with Gasteiger partial charge >= 0.3 is 5.92 Å². The molecule has 1 fully saturated rings. The van der Waals surface area contributed by atoms with Crippen molar-refractivity contribution < 1.29 is 23.0 Å². The second kappa shape index (κ2) is 8.92. The molecular formula is C20H28F2N3O3P. The molecule has 0 bridgehead atoms. The smallest absolute Gasteiger partial charge is 0.321 e. The van der Waals surface area contributed by atoms with Gasteiger partial charge in [-0.05, 0) is 43.4 Å². The van der Waals surface area contributed by atoms with Crippen molar-refractivity contribution in [3.05, 3.63) is 24.4 Å². The number of ether oxygens (including phenoxy) is 2. The Balaban J connectivity index is 1.73. The molecule has 0 aliphatic carbocycles. The number of nitrogens with zero attached hydrogens (tertiary/aromatic N) is 2. The SMILES string of the molecule is CC(C)[C@H](NC(=O)C(C)(F)F)[C@@H](P)Oc1ccc2c(cnn2C2CCCCO2)c1. The molecule has 0 spiro atoms. The van der Waals surface area contributed by atoms with E-state index in [-0.39, 0.29) is 12.1 Å². The lowest BCUT2D eigenvalue weighted by Crippen LogP contribution is -2.51. The van der Waals surface area contributed by atoms with Gasteiger partial charge in [0.2, 0.25) is 0 Å². The van der Waals surface area contributed by atoms with Gasteiger partial charge in [-0.1, -0.05) is 23.1 Å². The van der Waals surface area contributed by atoms with Gasteiger partial charge in [-0.2, -0.15) is 13.9 Å². The first kappa shape index (κ1) is 21.9. The number of alkyl halides is 2. The van der Waals surface area contributed by atoms with Crippen LogP contribution in [0.5, 0.6) is 5.75 Å². The standard InChI is InChI=1S/C20H28F2N3O3P/c1-12(2)17(24-19(26)20(3,21)22)18(29)28-14-7-8-15-13(10-14)11-23-25(15)16-6-4-5-9-27-16/h7-8,10-12,16-18H,4-6,9,29H2,1-3H3,(H,24,26)/t16?,17-,18+/m0/s1. The molecule has 29 heavy (non-hydrogen) atoms. The van der Waals surface area contributed by atoms with Crippen LogP contribution in [0.4, 0.5) is 8.78 Å². The minimum atomic E-state index is -3.44. The van der Waals surface area contributed by atoms with E-state index >= 15 is 0 Å². The van der Waals surface area contributed by atoms with E-state index in [9.17, 15) is 13.6 Å². The molecule has 0 saturated carbocycles. The van der Waals surface area contributed by atoms with Crippen LogP contribution in [0.25, 0.3) is 10.9 Å². The van der Waals surface area contributed by atoms with Gasteiger partial charge in [-0.3, -0.25) is 4.79 Å². The summed E-state index contributed by atoms with van der Waals surface area (Å²) < 4.78 is 40.2. The first-order valence-corrected chi connectivity index (χ1v) is 10.5. The number of hydrogen-bond donors (Lipinski definition) is 1. The van der Waals surface area contributed by atoms with E-state index in [4.69, 9.17) is 9.47 Å². The third-order valence-electron chi connectivity index (χ3n) is 5.04. The van der Waals surface area contributed by atoms with E-state index in [1.54, 1.807) is 6.20 Å². The number of carbonyl (C=O) groups is 1. The van der Waals surface area contributed by atoms with Crippen molar-refractivity contribution in [1.29, 1.82) is 0 Å². The van der Waals surface area contributed by atoms with Crippen molar-refractivity contribution in [1.82, 2.24) is 15.1 Å². The second-order valence-corrected chi connectivity index (χ2v) is 8.50. The van der Waals surface area contributed by atoms with Crippen molar-refractivity contribution in [3.63, 3.8) is 0 Å². The number of fused-ring (bicyclic) bond motifs is 1. The van der Waals surface area contributed by atoms with Gasteiger partial charge < -0.3 is 14.8 Å². The quantitative estimate of drug-likeness (QED) is 0.676. The molecule has 1 saturated heterocycles. The molecule has 1 amide bonds. The van der Waals surface area contributed by atoms with E-state index in [2.05, 4.69) is 19.7 Å². The average molecular weight is 427 g/mol. The predicted molar refractivity (Wildman–Crippen MR) is 110 cm³/mol. The summed E-state index contributed by atoms with van der Waals surface area (Å²) in [5.74, 6) is -4.85. The Bertz CT molecular complexity index is 847. The Hall–Kier alpha value is -1.79. The molecule has 1 aliphatic heterocycles. The monoisotopic (exact) mass is 427 g/mol. The number of aromatic nitrogens is 2. The topological polar surface area (TPSA) is 65.4 Å². The number of benzene rings is 1. The van der Waals surface area contributed by atoms with E-state index in [0.29, 0.717) is 12.7 Å². The van der Waals surface area contributed by atoms with Crippen LogP contribution in [0.3, 0.4) is 0 Å². The van der Waals surface area contributed by atoms with Crippen LogP contribution in [0.15, 0.2) is 24.4 Å². The fourth-order valence-electron chi connectivity index (χ4n) is 3.39. The summed E-state index contributed by atoms with van der Waals surface area (Å²) >= 11 is 0. The summed E-state index contributed by atoms with van der Waals surface area (Å²) in [6, 6.07) is 4.99. The Morgan fingerprint density at radius 3 is 2.79 bits per heavy atom. The molecule has 9 heteroatoms. The zero-order chi connectivity index (χ0) is 21.2. The maximum absolute atomic E-state index is 13.3. The normalized spacial score (nSPS) is 19.9. The molecule has 0 radical (unpaired) electrons. The van der Waals surface area contributed by atoms with Gasteiger partial charge in [-0.15, -0.1) is 0 Å². The summed E-state index contributed by atoms with van der Waals surface area (Å²) in [7, 11) is 2.49. The highest BCUT2D eigenvalue weighted by atomic mass is 31.0. The zero-order valence-electron chi connectivity index (χ0n) is 16.9. The largest absolute Gasteiger partial charge is 0.484 e. The van der Waals surface area contributed by atoms with Crippen molar-refractivity contribution in [3.8, 4) is 5.75 Å². The summed E-state index contributed by atoms with van der Waals surface area (Å²) in [4.78, 5) is 11.7. The van der Waals surface area contributed by atoms with Gasteiger partial charge in [0, 0.05) is 18.9 Å². The first-order chi connectivity index (χ1) is 13.7. The molecule has 1 N–H and O–H groups in total. The number of nitrogens with one attached hydrogen (secondary N) is 1. The highest BCUT2D eigenvalue weighted by molar-refractivity contribution is 7.17. The lowest BCUT2D eigenvalue weighted by atomic mass is 10.0. The summed E-state index contributed by atoms with van der Waals surface area (Å²) in [6.45, 7) is 5.01. The first-order valence-electron chi connectivity index (χ1n) is 9.86. The second-order valence-electron chi connectivity index (χ2n) is 7.85. The maximum Gasteiger partial charge on any atom is 0.321 e. The Morgan fingerprint density at radius 2 is 2.17 bits per heavy atom. The van der Waals surface area contributed by atoms with Gasteiger partial charge in [-0.25, -0.2) is 4.68 Å². The van der Waals surface area contributed by atoms with Crippen LogP contribution in [0.2, 0.25) is 0 Å². The van der Waals surface area contributed by atoms with Crippen LogP contribution < -0.4 is 10.1 Å². The van der Waals surface area contributed by atoms with Crippen LogP contribution in [0.1, 0.15) is 46.3 Å². The van der Waals surface area contributed by atoms with Gasteiger partial charge in [0.25, 0.3) is 5.91 Å². The van der Waals surface area contributed by atoms with Crippen LogP contribution in [-0.2, 0) is 9.53 Å². The number of hydrogen-bond acceptors (Lipinski definition) is 4. The Morgan fingerprint density at radius 1 is 1.41 bits per heavy atom. The van der Waals surface area contributed by atoms with Gasteiger partial charge in [0.15, 0.2) is 6.23 Å². The molecule has 6 nitrogen and oxygen atoms in total. The van der Waals surface area contributed by atoms with E-state index in [1.165, 1.54) is 0 Å². The molecule has 4 atom stereocenters. The van der Waals surface area contributed by atoms with Crippen molar-refractivity contribution in [2.75, 3.05) is 6.61 Å². The number of rotatable bonds is 7. The number of halogens is 2. The molecule has 160 valence electrons. The van der Waals surface area contributed by atoms with E-state index in [1.807, 2.05) is 36.7 Å². The average Bonchev–Trinajstić information content (AvgIpc) is 3.08. The van der Waals surface area contributed by atoms with Gasteiger partial charge in [0.05, 0.1) is 17.8 Å². The Labute approximate surface area is 171 Å². The molecule has 2 heterocycles. The minimum absolute atomic E-state index is 0.0567. The maximum atomic E-state index is 13.3. The highest BCUT2D eigenvalue weighted by Crippen LogP contribution is 2.29. The molecule has 3 rings (SSSR count). The van der Waals surface area contributed by atoms with Crippen molar-refractivity contribution in [2.45, 2.75) is 64.1 Å². The number of carbonyl (C=O) groups excluding carboxylic acids is 1. The third-order valence-corrected chi connectivity index (χ3v) is 5.59. The number of amides is 1. The van der Waals surface area contributed by atoms with E-state index in [0.717, 1.165) is 36.8 Å². The lowest BCUT2D eigenvalue weighted by molar-refractivity contribution is -0.144. The van der Waals surface area contributed by atoms with Crippen LogP contribution in [0, 0.1) is 5.92 Å². The molecule has 2 unspecified atom stereocenters. The fourth-order valence-corrected chi connectivity index (χ4v) is 4.09. The molecule has 1 aromatic carbocycles. The molecule has 1 aliphatic rings. The molecule has 2 aromatic rings. The summed E-state index contributed by atoms with van der Waals surface area (Å²) in [5, 5.41) is 7.75. The molecular weight excluding hydrogens is 399 g/mol. The van der Waals surface area contributed by atoms with Crippen LogP contribution in [-0.4, -0.2) is 40.1 Å². The third kappa shape index (κ3) is 5.23. The zero-order valence-corrected chi connectivity index (χ0v) is 18.1. The lowest BCUT2D eigenvalue weighted by Gasteiger charge is -2.29. The summed E-state index contributed by atoms with van der Waals surface area (Å²) in [5.41, 5.74) is 0.948. The summed E-state index contributed by atoms with van der Waals surface area (Å²) in [6.07, 6.45) is 4.82. The minimum Gasteiger partial charge on any atom is -0.484 e. The van der Waals surface area contributed by atoms with Crippen molar-refractivity contribution in [2.24, 2.45) is 5.92 Å². The highest BCUT2D eigenvalue weighted by Gasteiger charge is 2.36. The Kier molecular flexibility index (Phi) is 6.74. The van der Waals surface area contributed by atoms with Gasteiger partial charge in [0.1, 0.15) is 11.6 Å².